The van der Waals surface area contributed by atoms with Crippen molar-refractivity contribution in [1.82, 2.24) is 14.6 Å². The Labute approximate surface area is 161 Å². The molecule has 8 heteroatoms. The molecule has 4 aromatic rings. The molecule has 2 radical (unpaired) electrons. The van der Waals surface area contributed by atoms with Crippen LogP contribution < -0.4 is 10.8 Å². The molecule has 0 aliphatic heterocycles. The summed E-state index contributed by atoms with van der Waals surface area (Å²) in [7, 11) is 5.96. The number of carboxylic acid groups (broad SMARTS) is 1. The average Bonchev–Trinajstić information content (AvgIpc) is 3.08. The summed E-state index contributed by atoms with van der Waals surface area (Å²) < 4.78 is 15.8. The van der Waals surface area contributed by atoms with Gasteiger partial charge in [0.05, 0.1) is 11.3 Å². The van der Waals surface area contributed by atoms with Crippen LogP contribution in [0.2, 0.25) is 0 Å². The number of carbonyl (C=O) groups is 1. The number of nitrogens with one attached hydrogen (secondary N) is 1. The minimum atomic E-state index is -0.975. The van der Waals surface area contributed by atoms with Crippen LogP contribution in [0.15, 0.2) is 60.8 Å². The molecule has 2 N–H and O–H groups in total. The van der Waals surface area contributed by atoms with Gasteiger partial charge in [0.25, 0.3) is 0 Å². The zero-order valence-corrected chi connectivity index (χ0v) is 14.6. The van der Waals surface area contributed by atoms with Crippen LogP contribution in [0.5, 0.6) is 0 Å². The minimum Gasteiger partial charge on any atom is -0.478 e. The summed E-state index contributed by atoms with van der Waals surface area (Å²) in [6.07, 6.45) is 1.49. The van der Waals surface area contributed by atoms with Crippen molar-refractivity contribution in [2.75, 3.05) is 5.32 Å². The minimum absolute atomic E-state index is 0.219. The number of carboxylic acids is 1. The number of fused-ring (bicyclic) bond motifs is 1. The van der Waals surface area contributed by atoms with Gasteiger partial charge >= 0.3 is 5.97 Å². The van der Waals surface area contributed by atoms with Crippen molar-refractivity contribution in [3.8, 4) is 11.3 Å². The van der Waals surface area contributed by atoms with Crippen LogP contribution in [-0.4, -0.2) is 33.5 Å². The largest absolute Gasteiger partial charge is 0.478 e. The predicted octanol–water partition coefficient (Wildman–Crippen LogP) is 2.64. The molecule has 2 aromatic carbocycles. The van der Waals surface area contributed by atoms with Crippen molar-refractivity contribution in [2.24, 2.45) is 0 Å². The van der Waals surface area contributed by atoms with Crippen molar-refractivity contribution in [3.05, 3.63) is 77.7 Å². The third-order valence-corrected chi connectivity index (χ3v) is 4.32. The van der Waals surface area contributed by atoms with Gasteiger partial charge in [-0.2, -0.15) is 9.61 Å². The Kier molecular flexibility index (Phi) is 4.53. The Balaban J connectivity index is 1.69. The van der Waals surface area contributed by atoms with E-state index in [0.29, 0.717) is 34.7 Å². The topological polar surface area (TPSA) is 79.5 Å². The highest BCUT2D eigenvalue weighted by Crippen LogP contribution is 2.24. The zero-order chi connectivity index (χ0) is 19.7. The van der Waals surface area contributed by atoms with Crippen LogP contribution in [-0.2, 0) is 6.54 Å². The summed E-state index contributed by atoms with van der Waals surface area (Å²) in [5.74, 6) is -0.771. The Hall–Kier alpha value is -3.68. The molecular weight excluding hydrogens is 358 g/mol. The van der Waals surface area contributed by atoms with Gasteiger partial charge in [0.2, 0.25) is 0 Å². The fraction of sp³-hybridized carbons (Fsp3) is 0.0500. The van der Waals surface area contributed by atoms with Crippen LogP contribution >= 0.6 is 0 Å². The van der Waals surface area contributed by atoms with Gasteiger partial charge in [0, 0.05) is 24.4 Å². The highest BCUT2D eigenvalue weighted by molar-refractivity contribution is 6.36. The molecule has 0 saturated heterocycles. The Morgan fingerprint density at radius 3 is 2.64 bits per heavy atom. The first kappa shape index (κ1) is 17.7. The molecule has 0 saturated carbocycles. The number of rotatable bonds is 5. The van der Waals surface area contributed by atoms with Crippen LogP contribution in [0.1, 0.15) is 15.9 Å². The Bertz CT molecular complexity index is 1170. The summed E-state index contributed by atoms with van der Waals surface area (Å²) in [4.78, 5) is 15.4. The summed E-state index contributed by atoms with van der Waals surface area (Å²) in [6.45, 7) is 0.412. The predicted molar refractivity (Wildman–Crippen MR) is 104 cm³/mol. The molecule has 0 bridgehead atoms. The van der Waals surface area contributed by atoms with Crippen molar-refractivity contribution in [3.63, 3.8) is 0 Å². The maximum Gasteiger partial charge on any atom is 0.335 e. The lowest BCUT2D eigenvalue weighted by Gasteiger charge is -2.12. The van der Waals surface area contributed by atoms with E-state index in [1.807, 2.05) is 0 Å². The summed E-state index contributed by atoms with van der Waals surface area (Å²) >= 11 is 0. The molecule has 136 valence electrons. The van der Waals surface area contributed by atoms with Crippen LogP contribution in [0, 0.1) is 5.82 Å². The van der Waals surface area contributed by atoms with E-state index in [0.717, 1.165) is 5.56 Å². The highest BCUT2D eigenvalue weighted by Gasteiger charge is 2.13. The quantitative estimate of drug-likeness (QED) is 0.527. The number of anilines is 1. The van der Waals surface area contributed by atoms with Gasteiger partial charge in [-0.15, -0.1) is 0 Å². The number of hydrogen-bond acceptors (Lipinski definition) is 4. The van der Waals surface area contributed by atoms with Gasteiger partial charge in [-0.25, -0.2) is 14.2 Å². The molecule has 2 aromatic heterocycles. The normalized spacial score (nSPS) is 10.9. The number of hydrogen-bond donors (Lipinski definition) is 2. The fourth-order valence-electron chi connectivity index (χ4n) is 2.87. The molecule has 4 rings (SSSR count). The standard InChI is InChI=1S/C20H14BFN4O2/c21-15-11-24-26-18(23-10-12-5-7-13(8-6-12)20(27)28)9-17(25-19(15)26)14-3-1-2-4-16(14)22/h1-9,11,23H,10H2,(H,27,28). The number of aromatic carboxylic acids is 1. The number of aromatic nitrogens is 3. The molecule has 28 heavy (non-hydrogen) atoms. The van der Waals surface area contributed by atoms with Crippen molar-refractivity contribution in [1.29, 1.82) is 0 Å². The molecule has 0 spiro atoms. The first-order valence-corrected chi connectivity index (χ1v) is 8.48. The van der Waals surface area contributed by atoms with Gasteiger partial charge in [-0.3, -0.25) is 0 Å². The molecule has 6 nitrogen and oxygen atoms in total. The molecular formula is C20H14BFN4O2. The van der Waals surface area contributed by atoms with Crippen molar-refractivity contribution >= 4 is 30.7 Å². The zero-order valence-electron chi connectivity index (χ0n) is 14.6. The molecule has 0 aliphatic rings. The van der Waals surface area contributed by atoms with Crippen LogP contribution in [0.4, 0.5) is 10.2 Å². The van der Waals surface area contributed by atoms with Gasteiger partial charge < -0.3 is 10.4 Å². The van der Waals surface area contributed by atoms with Gasteiger partial charge in [-0.1, -0.05) is 24.3 Å². The van der Waals surface area contributed by atoms with E-state index in [9.17, 15) is 9.18 Å². The van der Waals surface area contributed by atoms with Gasteiger partial charge in [0.1, 0.15) is 19.5 Å². The average molecular weight is 372 g/mol. The van der Waals surface area contributed by atoms with E-state index in [1.54, 1.807) is 40.9 Å². The first-order valence-electron chi connectivity index (χ1n) is 8.48. The Morgan fingerprint density at radius 2 is 1.93 bits per heavy atom. The van der Waals surface area contributed by atoms with Crippen LogP contribution in [0.3, 0.4) is 0 Å². The van der Waals surface area contributed by atoms with E-state index in [1.165, 1.54) is 24.4 Å². The second-order valence-corrected chi connectivity index (χ2v) is 6.20. The maximum absolute atomic E-state index is 14.2. The number of halogens is 1. The Morgan fingerprint density at radius 1 is 1.18 bits per heavy atom. The van der Waals surface area contributed by atoms with Gasteiger partial charge in [-0.05, 0) is 35.3 Å². The van der Waals surface area contributed by atoms with Crippen molar-refractivity contribution in [2.45, 2.75) is 6.54 Å². The number of nitrogens with zero attached hydrogens (tertiary/aromatic N) is 3. The molecule has 0 fully saturated rings. The molecule has 0 aliphatic carbocycles. The number of benzene rings is 2. The monoisotopic (exact) mass is 372 g/mol. The lowest BCUT2D eigenvalue weighted by atomic mass is 10.0. The lowest BCUT2D eigenvalue weighted by Crippen LogP contribution is -2.10. The van der Waals surface area contributed by atoms with Gasteiger partial charge in [0.15, 0.2) is 5.65 Å². The summed E-state index contributed by atoms with van der Waals surface area (Å²) in [6, 6.07) is 14.6. The van der Waals surface area contributed by atoms with E-state index in [4.69, 9.17) is 13.0 Å². The fourth-order valence-corrected chi connectivity index (χ4v) is 2.87. The SMILES string of the molecule is [B]c1cnn2c(NCc3ccc(C(=O)O)cc3)cc(-c3ccccc3F)nc12. The molecule has 0 amide bonds. The van der Waals surface area contributed by atoms with E-state index in [-0.39, 0.29) is 11.4 Å². The second kappa shape index (κ2) is 7.15. The van der Waals surface area contributed by atoms with Crippen LogP contribution in [0.25, 0.3) is 16.9 Å². The highest BCUT2D eigenvalue weighted by atomic mass is 19.1. The summed E-state index contributed by atoms with van der Waals surface area (Å²) in [5, 5.41) is 16.4. The second-order valence-electron chi connectivity index (χ2n) is 6.20. The van der Waals surface area contributed by atoms with Crippen molar-refractivity contribution < 1.29 is 14.3 Å². The molecule has 2 heterocycles. The lowest BCUT2D eigenvalue weighted by molar-refractivity contribution is 0.0697. The first-order chi connectivity index (χ1) is 13.5. The molecule has 0 unspecified atom stereocenters. The van der Waals surface area contributed by atoms with E-state index in [2.05, 4.69) is 15.4 Å². The van der Waals surface area contributed by atoms with E-state index >= 15 is 0 Å². The smallest absolute Gasteiger partial charge is 0.335 e. The summed E-state index contributed by atoms with van der Waals surface area (Å²) in [5.41, 5.74) is 2.69. The molecule has 0 atom stereocenters. The third kappa shape index (κ3) is 3.32. The third-order valence-electron chi connectivity index (χ3n) is 4.32. The van der Waals surface area contributed by atoms with E-state index < -0.39 is 5.97 Å². The maximum atomic E-state index is 14.2.